The molecule has 0 aliphatic carbocycles. The van der Waals surface area contributed by atoms with Crippen LogP contribution in [0, 0.1) is 21.4 Å². The zero-order valence-corrected chi connectivity index (χ0v) is 15.7. The van der Waals surface area contributed by atoms with Crippen LogP contribution in [0.3, 0.4) is 0 Å². The van der Waals surface area contributed by atoms with E-state index in [-0.39, 0.29) is 63.6 Å². The largest absolute Gasteiger partial charge is 1.00 e. The molecule has 1 aromatic carbocycles. The molecule has 0 saturated heterocycles. The van der Waals surface area contributed by atoms with E-state index in [9.17, 15) is 15.2 Å². The Balaban J connectivity index is 0.000000583. The summed E-state index contributed by atoms with van der Waals surface area (Å²) in [6, 6.07) is 6.58. The quantitative estimate of drug-likeness (QED) is 0.385. The Bertz CT molecular complexity index is 649. The molecule has 0 aliphatic heterocycles. The number of fused-ring (bicyclic) bond motifs is 1. The first-order valence-corrected chi connectivity index (χ1v) is 5.89. The third-order valence-electron chi connectivity index (χ3n) is 2.05. The van der Waals surface area contributed by atoms with E-state index >= 15 is 0 Å². The molecule has 0 aliphatic rings. The number of nitro groups is 1. The van der Waals surface area contributed by atoms with Crippen LogP contribution in [-0.4, -0.2) is 20.1 Å². The van der Waals surface area contributed by atoms with Crippen LogP contribution in [0.15, 0.2) is 24.5 Å². The van der Waals surface area contributed by atoms with Crippen molar-refractivity contribution in [1.29, 1.82) is 5.26 Å². The first kappa shape index (κ1) is 20.2. The van der Waals surface area contributed by atoms with Crippen LogP contribution in [0.2, 0.25) is 0 Å². The number of hydrogen-bond donors (Lipinski definition) is 0. The van der Waals surface area contributed by atoms with Gasteiger partial charge in [-0.05, 0) is 6.07 Å². The van der Waals surface area contributed by atoms with E-state index in [4.69, 9.17) is 5.26 Å². The molecule has 0 N–H and O–H groups in total. The molecule has 0 unspecified atom stereocenters. The third kappa shape index (κ3) is 6.65. The van der Waals surface area contributed by atoms with Gasteiger partial charge in [0.25, 0.3) is 5.69 Å². The van der Waals surface area contributed by atoms with Crippen LogP contribution in [-0.2, 0) is 6.54 Å². The van der Waals surface area contributed by atoms with Gasteiger partial charge in [0, 0.05) is 6.07 Å². The average Bonchev–Trinajstić information content (AvgIpc) is 2.71. The van der Waals surface area contributed by atoms with Crippen molar-refractivity contribution in [1.82, 2.24) is 9.55 Å². The molecule has 8 heteroatoms. The summed E-state index contributed by atoms with van der Waals surface area (Å²) >= 11 is 0. The Morgan fingerprint density at radius 1 is 1.43 bits per heavy atom. The van der Waals surface area contributed by atoms with Crippen molar-refractivity contribution in [2.75, 3.05) is 0 Å². The van der Waals surface area contributed by atoms with E-state index in [1.54, 1.807) is 32.9 Å². The van der Waals surface area contributed by atoms with Crippen molar-refractivity contribution >= 4 is 16.7 Å². The van der Waals surface area contributed by atoms with E-state index in [0.29, 0.717) is 11.0 Å². The minimum absolute atomic E-state index is 0. The van der Waals surface area contributed by atoms with Crippen LogP contribution in [0.5, 0.6) is 0 Å². The summed E-state index contributed by atoms with van der Waals surface area (Å²) in [6.45, 7) is 4.95. The molecule has 21 heavy (non-hydrogen) atoms. The Labute approximate surface area is 165 Å². The van der Waals surface area contributed by atoms with Gasteiger partial charge in [-0.15, -0.1) is 5.60 Å². The molecule has 0 amide bonds. The summed E-state index contributed by atoms with van der Waals surface area (Å²) in [5.41, 5.74) is 0.142. The van der Waals surface area contributed by atoms with Gasteiger partial charge in [0.05, 0.1) is 22.8 Å². The molecule has 7 nitrogen and oxygen atoms in total. The summed E-state index contributed by atoms with van der Waals surface area (Å²) in [6.07, 6.45) is 1.43. The maximum Gasteiger partial charge on any atom is 1.00 e. The minimum atomic E-state index is -0.750. The van der Waals surface area contributed by atoms with Crippen molar-refractivity contribution < 1.29 is 61.4 Å². The maximum absolute atomic E-state index is 10.8. The fourth-order valence-electron chi connectivity index (χ4n) is 1.45. The standard InChI is InChI=1S/C9H6N4O2.C4H9O.K/c10-4-5-12-6-11-7-2-1-3-8(9(7)12)13(14)15;1-4(2,3)5;/h1-3,6H,5H2;1-3H3;/q;-1;+1. The number of benzene rings is 1. The molecule has 2 rings (SSSR count). The average molecular weight is 314 g/mol. The van der Waals surface area contributed by atoms with Gasteiger partial charge in [0.15, 0.2) is 0 Å². The third-order valence-corrected chi connectivity index (χ3v) is 2.05. The van der Waals surface area contributed by atoms with Crippen LogP contribution >= 0.6 is 0 Å². The van der Waals surface area contributed by atoms with E-state index in [1.165, 1.54) is 17.0 Å². The second-order valence-electron chi connectivity index (χ2n) is 5.04. The summed E-state index contributed by atoms with van der Waals surface area (Å²) in [7, 11) is 0. The van der Waals surface area contributed by atoms with E-state index in [0.717, 1.165) is 0 Å². The van der Waals surface area contributed by atoms with Gasteiger partial charge in [-0.3, -0.25) is 10.1 Å². The molecule has 0 atom stereocenters. The van der Waals surface area contributed by atoms with Gasteiger partial charge in [0.2, 0.25) is 0 Å². The van der Waals surface area contributed by atoms with Crippen molar-refractivity contribution in [2.45, 2.75) is 32.9 Å². The van der Waals surface area contributed by atoms with Crippen LogP contribution < -0.4 is 56.5 Å². The normalized spacial score (nSPS) is 10.0. The molecule has 0 fully saturated rings. The number of nitrogens with zero attached hydrogens (tertiary/aromatic N) is 4. The van der Waals surface area contributed by atoms with Crippen LogP contribution in [0.25, 0.3) is 11.0 Å². The van der Waals surface area contributed by atoms with Crippen molar-refractivity contribution in [2.24, 2.45) is 0 Å². The zero-order chi connectivity index (χ0) is 15.3. The molecule has 1 heterocycles. The number of imidazole rings is 1. The Kier molecular flexibility index (Phi) is 8.24. The second-order valence-corrected chi connectivity index (χ2v) is 5.04. The molecule has 106 valence electrons. The monoisotopic (exact) mass is 314 g/mol. The molecular weight excluding hydrogens is 299 g/mol. The molecule has 0 bridgehead atoms. The number of rotatable bonds is 2. The number of aromatic nitrogens is 2. The first-order valence-electron chi connectivity index (χ1n) is 5.89. The number of non-ortho nitro benzene ring substituents is 1. The second kappa shape index (κ2) is 8.58. The van der Waals surface area contributed by atoms with E-state index in [1.807, 2.05) is 6.07 Å². The number of nitriles is 1. The minimum Gasteiger partial charge on any atom is -0.850 e. The molecule has 0 saturated carbocycles. The fourth-order valence-corrected chi connectivity index (χ4v) is 1.45. The SMILES string of the molecule is CC(C)(C)[O-].N#CCn1cnc2cccc([N+](=O)[O-])c21.[K+]. The van der Waals surface area contributed by atoms with Crippen molar-refractivity contribution in [3.05, 3.63) is 34.6 Å². The van der Waals surface area contributed by atoms with Gasteiger partial charge in [0.1, 0.15) is 12.1 Å². The number of nitro benzene ring substituents is 1. The van der Waals surface area contributed by atoms with Crippen molar-refractivity contribution in [3.8, 4) is 6.07 Å². The van der Waals surface area contributed by atoms with Gasteiger partial charge < -0.3 is 9.67 Å². The molecular formula is C13H15KN4O3. The smallest absolute Gasteiger partial charge is 0.850 e. The van der Waals surface area contributed by atoms with E-state index in [2.05, 4.69) is 4.98 Å². The van der Waals surface area contributed by atoms with Gasteiger partial charge in [-0.1, -0.05) is 26.8 Å². The molecule has 2 aromatic rings. The molecule has 1 aromatic heterocycles. The number of hydrogen-bond acceptors (Lipinski definition) is 5. The number of para-hydroxylation sites is 1. The van der Waals surface area contributed by atoms with Crippen LogP contribution in [0.1, 0.15) is 20.8 Å². The molecule has 0 spiro atoms. The predicted molar refractivity (Wildman–Crippen MR) is 71.8 cm³/mol. The van der Waals surface area contributed by atoms with Crippen LogP contribution in [0.4, 0.5) is 5.69 Å². The molecule has 0 radical (unpaired) electrons. The Morgan fingerprint density at radius 2 is 2.00 bits per heavy atom. The summed E-state index contributed by atoms with van der Waals surface area (Å²) in [5, 5.41) is 29.4. The predicted octanol–water partition coefficient (Wildman–Crippen LogP) is -1.38. The van der Waals surface area contributed by atoms with Crippen molar-refractivity contribution in [3.63, 3.8) is 0 Å². The Morgan fingerprint density at radius 3 is 2.48 bits per heavy atom. The summed E-state index contributed by atoms with van der Waals surface area (Å²) < 4.78 is 1.47. The van der Waals surface area contributed by atoms with Gasteiger partial charge >= 0.3 is 51.4 Å². The maximum atomic E-state index is 10.8. The summed E-state index contributed by atoms with van der Waals surface area (Å²) in [4.78, 5) is 14.3. The topological polar surface area (TPSA) is 108 Å². The zero-order valence-electron chi connectivity index (χ0n) is 12.5. The van der Waals surface area contributed by atoms with E-state index < -0.39 is 10.5 Å². The first-order chi connectivity index (χ1) is 9.24. The van der Waals surface area contributed by atoms with Gasteiger partial charge in [-0.2, -0.15) is 5.26 Å². The van der Waals surface area contributed by atoms with Gasteiger partial charge in [-0.25, -0.2) is 4.98 Å². The Hall–Kier alpha value is -0.824. The summed E-state index contributed by atoms with van der Waals surface area (Å²) in [5.74, 6) is 0. The fraction of sp³-hybridized carbons (Fsp3) is 0.385.